The lowest BCUT2D eigenvalue weighted by atomic mass is 10.0. The van der Waals surface area contributed by atoms with Crippen molar-refractivity contribution in [2.24, 2.45) is 0 Å². The largest absolute Gasteiger partial charge is 0.508 e. The number of carbonyl (C=O) groups is 1. The fraction of sp³-hybridized carbons (Fsp3) is 0.0833. The van der Waals surface area contributed by atoms with E-state index in [1.807, 2.05) is 12.1 Å². The number of nitrogens with one attached hydrogen (secondary N) is 2. The van der Waals surface area contributed by atoms with Gasteiger partial charge in [0.2, 0.25) is 0 Å². The molecule has 0 atom stereocenters. The van der Waals surface area contributed by atoms with Crippen molar-refractivity contribution in [3.05, 3.63) is 100 Å². The van der Waals surface area contributed by atoms with Crippen LogP contribution in [0.5, 0.6) is 5.75 Å². The van der Waals surface area contributed by atoms with Crippen molar-refractivity contribution >= 4 is 5.91 Å². The Balaban J connectivity index is 1.54. The number of benzene rings is 2. The van der Waals surface area contributed by atoms with Gasteiger partial charge in [0.25, 0.3) is 5.91 Å². The molecule has 2 heterocycles. The number of aromatic nitrogens is 3. The Morgan fingerprint density at radius 3 is 2.55 bits per heavy atom. The topological polar surface area (TPSA) is 108 Å². The van der Waals surface area contributed by atoms with Gasteiger partial charge in [0.1, 0.15) is 5.75 Å². The van der Waals surface area contributed by atoms with Crippen molar-refractivity contribution in [2.45, 2.75) is 13.5 Å². The van der Waals surface area contributed by atoms with Crippen LogP contribution in [0.1, 0.15) is 21.5 Å². The van der Waals surface area contributed by atoms with Crippen LogP contribution in [-0.2, 0) is 6.54 Å². The normalized spacial score (nSPS) is 10.6. The minimum atomic E-state index is -0.475. The number of hydrogen-bond donors (Lipinski definition) is 3. The van der Waals surface area contributed by atoms with E-state index in [0.29, 0.717) is 29.1 Å². The fourth-order valence-corrected chi connectivity index (χ4v) is 3.16. The van der Waals surface area contributed by atoms with Crippen LogP contribution in [-0.4, -0.2) is 26.0 Å². The number of nitrogens with zero attached hydrogens (tertiary/aromatic N) is 2. The smallest absolute Gasteiger partial charge is 0.345 e. The first-order chi connectivity index (χ1) is 15.0. The van der Waals surface area contributed by atoms with Gasteiger partial charge in [-0.05, 0) is 66.1 Å². The summed E-state index contributed by atoms with van der Waals surface area (Å²) in [5.41, 5.74) is 4.22. The van der Waals surface area contributed by atoms with E-state index in [4.69, 9.17) is 0 Å². The average Bonchev–Trinajstić information content (AvgIpc) is 2.79. The highest BCUT2D eigenvalue weighted by Gasteiger charge is 2.10. The van der Waals surface area contributed by atoms with Gasteiger partial charge in [0, 0.05) is 30.1 Å². The molecule has 0 aliphatic heterocycles. The number of aromatic hydroxyl groups is 1. The molecule has 0 aliphatic rings. The summed E-state index contributed by atoms with van der Waals surface area (Å²) in [5.74, 6) is -0.00918. The third-order valence-corrected chi connectivity index (χ3v) is 4.87. The van der Waals surface area contributed by atoms with Gasteiger partial charge in [-0.15, -0.1) is 0 Å². The lowest BCUT2D eigenvalue weighted by Crippen LogP contribution is -2.22. The number of rotatable bonds is 5. The Morgan fingerprint density at radius 1 is 1.06 bits per heavy atom. The van der Waals surface area contributed by atoms with Crippen molar-refractivity contribution in [1.82, 2.24) is 20.3 Å². The van der Waals surface area contributed by atoms with E-state index in [-0.39, 0.29) is 11.7 Å². The molecule has 7 heteroatoms. The first kappa shape index (κ1) is 20.0. The summed E-state index contributed by atoms with van der Waals surface area (Å²) in [4.78, 5) is 35.3. The van der Waals surface area contributed by atoms with Crippen molar-refractivity contribution in [3.8, 4) is 28.3 Å². The van der Waals surface area contributed by atoms with Crippen LogP contribution < -0.4 is 11.0 Å². The summed E-state index contributed by atoms with van der Waals surface area (Å²) in [7, 11) is 0. The van der Waals surface area contributed by atoms with Crippen LogP contribution in [0.25, 0.3) is 22.5 Å². The van der Waals surface area contributed by atoms with Gasteiger partial charge < -0.3 is 15.4 Å². The Bertz CT molecular complexity index is 1280. The van der Waals surface area contributed by atoms with Gasteiger partial charge in [-0.25, -0.2) is 4.79 Å². The summed E-state index contributed by atoms with van der Waals surface area (Å²) in [6.07, 6.45) is 3.39. The molecule has 0 unspecified atom stereocenters. The second-order valence-corrected chi connectivity index (χ2v) is 7.11. The maximum atomic E-state index is 12.4. The molecule has 31 heavy (non-hydrogen) atoms. The summed E-state index contributed by atoms with van der Waals surface area (Å²) in [6, 6.07) is 17.5. The molecule has 2 aromatic carbocycles. The summed E-state index contributed by atoms with van der Waals surface area (Å²) in [5, 5.41) is 12.6. The highest BCUT2D eigenvalue weighted by Crippen LogP contribution is 2.26. The number of carbonyl (C=O) groups excluding carboxylic acids is 1. The number of aromatic amines is 1. The first-order valence-electron chi connectivity index (χ1n) is 9.68. The molecule has 0 bridgehead atoms. The van der Waals surface area contributed by atoms with Crippen LogP contribution in [0.15, 0.2) is 77.9 Å². The van der Waals surface area contributed by atoms with E-state index in [9.17, 15) is 14.7 Å². The summed E-state index contributed by atoms with van der Waals surface area (Å²) >= 11 is 0. The summed E-state index contributed by atoms with van der Waals surface area (Å²) < 4.78 is 0. The SMILES string of the molecule is Cc1cc(-c2cc(-c3ccc(C(=O)NCc4cccnc4)cc3)[nH]c(=O)n2)ccc1O. The zero-order valence-corrected chi connectivity index (χ0v) is 16.8. The minimum absolute atomic E-state index is 0.186. The highest BCUT2D eigenvalue weighted by molar-refractivity contribution is 5.94. The van der Waals surface area contributed by atoms with E-state index in [2.05, 4.69) is 20.3 Å². The molecule has 0 aliphatic carbocycles. The van der Waals surface area contributed by atoms with E-state index in [0.717, 1.165) is 16.7 Å². The number of phenolic OH excluding ortho intramolecular Hbond substituents is 1. The van der Waals surface area contributed by atoms with Crippen LogP contribution >= 0.6 is 0 Å². The Hall–Kier alpha value is -4.26. The van der Waals surface area contributed by atoms with Gasteiger partial charge in [0.15, 0.2) is 0 Å². The van der Waals surface area contributed by atoms with E-state index in [1.165, 1.54) is 0 Å². The van der Waals surface area contributed by atoms with Gasteiger partial charge in [-0.3, -0.25) is 9.78 Å². The minimum Gasteiger partial charge on any atom is -0.508 e. The van der Waals surface area contributed by atoms with Crippen molar-refractivity contribution in [1.29, 1.82) is 0 Å². The third-order valence-electron chi connectivity index (χ3n) is 4.87. The summed E-state index contributed by atoms with van der Waals surface area (Å²) in [6.45, 7) is 2.17. The molecular weight excluding hydrogens is 392 g/mol. The van der Waals surface area contributed by atoms with Gasteiger partial charge >= 0.3 is 5.69 Å². The van der Waals surface area contributed by atoms with Crippen molar-refractivity contribution in [3.63, 3.8) is 0 Å². The molecule has 7 nitrogen and oxygen atoms in total. The maximum Gasteiger partial charge on any atom is 0.345 e. The zero-order chi connectivity index (χ0) is 21.8. The Kier molecular flexibility index (Phi) is 5.57. The van der Waals surface area contributed by atoms with Crippen LogP contribution in [0.2, 0.25) is 0 Å². The van der Waals surface area contributed by atoms with E-state index in [1.54, 1.807) is 67.8 Å². The molecule has 4 rings (SSSR count). The molecule has 2 aromatic heterocycles. The predicted molar refractivity (Wildman–Crippen MR) is 118 cm³/mol. The first-order valence-corrected chi connectivity index (χ1v) is 9.68. The number of aryl methyl sites for hydroxylation is 1. The van der Waals surface area contributed by atoms with E-state index < -0.39 is 5.69 Å². The van der Waals surface area contributed by atoms with E-state index >= 15 is 0 Å². The monoisotopic (exact) mass is 412 g/mol. The molecule has 0 spiro atoms. The quantitative estimate of drug-likeness (QED) is 0.465. The number of pyridine rings is 1. The van der Waals surface area contributed by atoms with Crippen molar-refractivity contribution < 1.29 is 9.90 Å². The number of H-pyrrole nitrogens is 1. The van der Waals surface area contributed by atoms with Crippen LogP contribution in [0.3, 0.4) is 0 Å². The lowest BCUT2D eigenvalue weighted by molar-refractivity contribution is 0.0951. The molecule has 1 amide bonds. The molecule has 0 radical (unpaired) electrons. The standard InChI is InChI=1S/C24H20N4O3/c1-15-11-19(8-9-22(15)29)21-12-20(27-24(31)28-21)17-4-6-18(7-5-17)23(30)26-14-16-3-2-10-25-13-16/h2-13,29H,14H2,1H3,(H,26,30)(H,27,28,31). The molecule has 0 fully saturated rings. The van der Waals surface area contributed by atoms with Gasteiger partial charge in [-0.2, -0.15) is 4.98 Å². The molecule has 154 valence electrons. The second kappa shape index (κ2) is 8.62. The number of amides is 1. The Morgan fingerprint density at radius 2 is 1.84 bits per heavy atom. The second-order valence-electron chi connectivity index (χ2n) is 7.11. The maximum absolute atomic E-state index is 12.4. The van der Waals surface area contributed by atoms with Gasteiger partial charge in [-0.1, -0.05) is 18.2 Å². The van der Waals surface area contributed by atoms with Crippen LogP contribution in [0, 0.1) is 6.92 Å². The van der Waals surface area contributed by atoms with Gasteiger partial charge in [0.05, 0.1) is 11.4 Å². The number of hydrogen-bond acceptors (Lipinski definition) is 5. The van der Waals surface area contributed by atoms with Crippen LogP contribution in [0.4, 0.5) is 0 Å². The molecule has 3 N–H and O–H groups in total. The number of phenols is 1. The highest BCUT2D eigenvalue weighted by atomic mass is 16.3. The lowest BCUT2D eigenvalue weighted by Gasteiger charge is -2.08. The predicted octanol–water partition coefficient (Wildman–Crippen LogP) is 3.44. The zero-order valence-electron chi connectivity index (χ0n) is 16.8. The average molecular weight is 412 g/mol. The third kappa shape index (κ3) is 4.67. The Labute approximate surface area is 178 Å². The molecule has 0 saturated carbocycles. The molecule has 0 saturated heterocycles. The fourth-order valence-electron chi connectivity index (χ4n) is 3.16. The van der Waals surface area contributed by atoms with Crippen molar-refractivity contribution in [2.75, 3.05) is 0 Å². The molecular formula is C24H20N4O3. The molecule has 4 aromatic rings.